The van der Waals surface area contributed by atoms with Crippen LogP contribution in [0.2, 0.25) is 0 Å². The van der Waals surface area contributed by atoms with Gasteiger partial charge in [0.1, 0.15) is 6.04 Å². The Hall–Kier alpha value is -4.08. The molecular formula is C28H27F3N4O3. The van der Waals surface area contributed by atoms with Crippen LogP contribution in [-0.4, -0.2) is 40.5 Å². The molecule has 198 valence electrons. The Morgan fingerprint density at radius 1 is 0.947 bits per heavy atom. The summed E-state index contributed by atoms with van der Waals surface area (Å²) in [5, 5.41) is 5.34. The number of benzene rings is 2. The molecule has 1 saturated heterocycles. The number of alkyl halides is 3. The van der Waals surface area contributed by atoms with Crippen molar-refractivity contribution in [2.45, 2.75) is 37.5 Å². The second-order valence-electron chi connectivity index (χ2n) is 9.86. The molecule has 38 heavy (non-hydrogen) atoms. The van der Waals surface area contributed by atoms with Gasteiger partial charge in [0.2, 0.25) is 5.91 Å². The van der Waals surface area contributed by atoms with E-state index in [4.69, 9.17) is 0 Å². The van der Waals surface area contributed by atoms with E-state index in [1.165, 1.54) is 18.2 Å². The van der Waals surface area contributed by atoms with Crippen LogP contribution in [-0.2, 0) is 23.9 Å². The number of piperidine rings is 1. The molecule has 1 fully saturated rings. The van der Waals surface area contributed by atoms with E-state index in [9.17, 15) is 27.6 Å². The molecule has 3 aromatic rings. The van der Waals surface area contributed by atoms with Crippen molar-refractivity contribution in [3.05, 3.63) is 100.0 Å². The molecule has 0 spiro atoms. The van der Waals surface area contributed by atoms with Crippen LogP contribution in [0.5, 0.6) is 0 Å². The Balaban J connectivity index is 1.33. The fourth-order valence-corrected chi connectivity index (χ4v) is 5.36. The molecule has 0 aliphatic carbocycles. The average molecular weight is 525 g/mol. The first kappa shape index (κ1) is 25.6. The molecule has 3 heterocycles. The second-order valence-corrected chi connectivity index (χ2v) is 9.86. The number of halogens is 3. The molecular weight excluding hydrogens is 497 g/mol. The van der Waals surface area contributed by atoms with Gasteiger partial charge in [0, 0.05) is 49.4 Å². The summed E-state index contributed by atoms with van der Waals surface area (Å²) in [6.07, 6.45) is -3.51. The van der Waals surface area contributed by atoms with Crippen LogP contribution in [0.3, 0.4) is 0 Å². The fraction of sp³-hybridized carbons (Fsp3) is 0.321. The maximum Gasteiger partial charge on any atom is 0.416 e. The van der Waals surface area contributed by atoms with Gasteiger partial charge < -0.3 is 20.1 Å². The molecule has 0 radical (unpaired) electrons. The molecule has 2 bridgehead atoms. The van der Waals surface area contributed by atoms with Gasteiger partial charge in [-0.1, -0.05) is 42.5 Å². The monoisotopic (exact) mass is 524 g/mol. The van der Waals surface area contributed by atoms with Crippen molar-refractivity contribution >= 4 is 17.6 Å². The third kappa shape index (κ3) is 5.58. The van der Waals surface area contributed by atoms with Crippen LogP contribution in [0.15, 0.2) is 77.6 Å². The summed E-state index contributed by atoms with van der Waals surface area (Å²) in [5.41, 5.74) is 0.754. The van der Waals surface area contributed by atoms with E-state index in [2.05, 4.69) is 10.6 Å². The van der Waals surface area contributed by atoms with Gasteiger partial charge >= 0.3 is 12.2 Å². The number of urea groups is 1. The molecule has 7 nitrogen and oxygen atoms in total. The molecule has 3 amide bonds. The number of hydrogen-bond donors (Lipinski definition) is 2. The number of rotatable bonds is 5. The SMILES string of the molecule is O=C(Nc1cccc(C(F)(F)F)c1)[C@H](Cc1ccccc1)NC(=O)N1C[C@H]2C[C@@H](C1)c1cccc(=O)n1C2. The summed E-state index contributed by atoms with van der Waals surface area (Å²) in [4.78, 5) is 40.6. The van der Waals surface area contributed by atoms with Crippen molar-refractivity contribution in [1.29, 1.82) is 0 Å². The standard InChI is InChI=1S/C28H27F3N4O3/c29-28(30,31)21-8-4-9-22(14-21)32-26(37)23(13-18-6-2-1-3-7-18)33-27(38)34-15-19-12-20(17-34)24-10-5-11-25(36)35(24)16-19/h1-11,14,19-20,23H,12-13,15-17H2,(H,32,37)(H,33,38)/t19-,20+,23+/m1/s1. The number of aromatic nitrogens is 1. The number of pyridine rings is 1. The molecule has 0 saturated carbocycles. The highest BCUT2D eigenvalue weighted by Crippen LogP contribution is 2.35. The Labute approximate surface area is 217 Å². The van der Waals surface area contributed by atoms with Gasteiger partial charge in [-0.15, -0.1) is 0 Å². The first-order chi connectivity index (χ1) is 18.2. The number of likely N-dealkylation sites (tertiary alicyclic amines) is 1. The Morgan fingerprint density at radius 2 is 1.71 bits per heavy atom. The number of hydrogen-bond acceptors (Lipinski definition) is 3. The minimum atomic E-state index is -4.55. The Kier molecular flexibility index (Phi) is 6.96. The highest BCUT2D eigenvalue weighted by molar-refractivity contribution is 5.97. The normalized spacial score (nSPS) is 19.3. The minimum absolute atomic E-state index is 0.00770. The predicted molar refractivity (Wildman–Crippen MR) is 136 cm³/mol. The van der Waals surface area contributed by atoms with Crippen molar-refractivity contribution in [3.63, 3.8) is 0 Å². The lowest BCUT2D eigenvalue weighted by Gasteiger charge is -2.43. The van der Waals surface area contributed by atoms with E-state index in [1.807, 2.05) is 36.4 Å². The maximum absolute atomic E-state index is 13.4. The molecule has 2 aliphatic rings. The smallest absolute Gasteiger partial charge is 0.326 e. The zero-order valence-electron chi connectivity index (χ0n) is 20.4. The van der Waals surface area contributed by atoms with Gasteiger partial charge in [0.05, 0.1) is 5.56 Å². The van der Waals surface area contributed by atoms with Gasteiger partial charge in [-0.2, -0.15) is 13.2 Å². The second kappa shape index (κ2) is 10.4. The number of fused-ring (bicyclic) bond motifs is 4. The lowest BCUT2D eigenvalue weighted by Crippen LogP contribution is -2.55. The number of nitrogens with one attached hydrogen (secondary N) is 2. The first-order valence-electron chi connectivity index (χ1n) is 12.4. The molecule has 0 unspecified atom stereocenters. The summed E-state index contributed by atoms with van der Waals surface area (Å²) in [6.45, 7) is 1.37. The van der Waals surface area contributed by atoms with E-state index in [0.29, 0.717) is 19.6 Å². The zero-order valence-corrected chi connectivity index (χ0v) is 20.4. The van der Waals surface area contributed by atoms with Crippen LogP contribution >= 0.6 is 0 Å². The third-order valence-electron chi connectivity index (χ3n) is 7.12. The van der Waals surface area contributed by atoms with E-state index in [0.717, 1.165) is 29.8 Å². The summed E-state index contributed by atoms with van der Waals surface area (Å²) >= 11 is 0. The van der Waals surface area contributed by atoms with Crippen molar-refractivity contribution in [2.75, 3.05) is 18.4 Å². The summed E-state index contributed by atoms with van der Waals surface area (Å²) in [6, 6.07) is 17.2. The van der Waals surface area contributed by atoms with Crippen LogP contribution in [0.1, 0.15) is 29.2 Å². The molecule has 2 N–H and O–H groups in total. The first-order valence-corrected chi connectivity index (χ1v) is 12.4. The van der Waals surface area contributed by atoms with Crippen LogP contribution in [0, 0.1) is 5.92 Å². The summed E-state index contributed by atoms with van der Waals surface area (Å²) in [7, 11) is 0. The van der Waals surface area contributed by atoms with Crippen LogP contribution < -0.4 is 16.2 Å². The number of amides is 3. The van der Waals surface area contributed by atoms with Crippen LogP contribution in [0.25, 0.3) is 0 Å². The number of carbonyl (C=O) groups excluding carboxylic acids is 2. The predicted octanol–water partition coefficient (Wildman–Crippen LogP) is 4.25. The van der Waals surface area contributed by atoms with Crippen molar-refractivity contribution in [3.8, 4) is 0 Å². The van der Waals surface area contributed by atoms with Gasteiger partial charge in [0.25, 0.3) is 5.56 Å². The Bertz CT molecular complexity index is 1390. The molecule has 10 heteroatoms. The maximum atomic E-state index is 13.4. The Morgan fingerprint density at radius 3 is 2.47 bits per heavy atom. The number of nitrogens with zero attached hydrogens (tertiary/aromatic N) is 2. The summed E-state index contributed by atoms with van der Waals surface area (Å²) in [5.74, 6) is -0.497. The van der Waals surface area contributed by atoms with E-state index in [-0.39, 0.29) is 29.5 Å². The van der Waals surface area contributed by atoms with Crippen molar-refractivity contribution in [2.24, 2.45) is 5.92 Å². The molecule has 2 aliphatic heterocycles. The largest absolute Gasteiger partial charge is 0.416 e. The van der Waals surface area contributed by atoms with E-state index in [1.54, 1.807) is 15.5 Å². The fourth-order valence-electron chi connectivity index (χ4n) is 5.36. The number of anilines is 1. The lowest BCUT2D eigenvalue weighted by atomic mass is 9.83. The molecule has 2 aromatic carbocycles. The molecule has 5 rings (SSSR count). The lowest BCUT2D eigenvalue weighted by molar-refractivity contribution is -0.137. The highest BCUT2D eigenvalue weighted by Gasteiger charge is 2.37. The molecule has 3 atom stereocenters. The highest BCUT2D eigenvalue weighted by atomic mass is 19.4. The van der Waals surface area contributed by atoms with E-state index < -0.39 is 29.7 Å². The van der Waals surface area contributed by atoms with Crippen molar-refractivity contribution in [1.82, 2.24) is 14.8 Å². The summed E-state index contributed by atoms with van der Waals surface area (Å²) < 4.78 is 41.2. The number of carbonyl (C=O) groups is 2. The third-order valence-corrected chi connectivity index (χ3v) is 7.12. The zero-order chi connectivity index (χ0) is 26.9. The molecule has 1 aromatic heterocycles. The van der Waals surface area contributed by atoms with Gasteiger partial charge in [-0.3, -0.25) is 9.59 Å². The van der Waals surface area contributed by atoms with Crippen molar-refractivity contribution < 1.29 is 22.8 Å². The minimum Gasteiger partial charge on any atom is -0.326 e. The van der Waals surface area contributed by atoms with E-state index >= 15 is 0 Å². The van der Waals surface area contributed by atoms with Gasteiger partial charge in [0.15, 0.2) is 0 Å². The topological polar surface area (TPSA) is 83.4 Å². The van der Waals surface area contributed by atoms with Gasteiger partial charge in [-0.25, -0.2) is 4.79 Å². The van der Waals surface area contributed by atoms with Gasteiger partial charge in [-0.05, 0) is 42.2 Å². The van der Waals surface area contributed by atoms with Crippen LogP contribution in [0.4, 0.5) is 23.7 Å². The average Bonchev–Trinajstić information content (AvgIpc) is 2.89. The quantitative estimate of drug-likeness (QED) is 0.524.